The third-order valence-electron chi connectivity index (χ3n) is 2.32. The Morgan fingerprint density at radius 3 is 2.74 bits per heavy atom. The van der Waals surface area contributed by atoms with Crippen molar-refractivity contribution in [3.63, 3.8) is 0 Å². The number of carbonyl (C=O) groups excluding carboxylic acids is 2. The standard InChI is InChI=1S/C13H18N2O4/c1-3-18-13(17)8-15(2)12(16)9-19-11-6-4-5-10(14)7-11/h4-7H,3,8-9,14H2,1-2H3. The fourth-order valence-electron chi connectivity index (χ4n) is 1.35. The highest BCUT2D eigenvalue weighted by Gasteiger charge is 2.14. The number of benzene rings is 1. The van der Waals surface area contributed by atoms with Gasteiger partial charge in [-0.05, 0) is 19.1 Å². The third kappa shape index (κ3) is 5.29. The van der Waals surface area contributed by atoms with Gasteiger partial charge in [-0.15, -0.1) is 0 Å². The smallest absolute Gasteiger partial charge is 0.325 e. The van der Waals surface area contributed by atoms with E-state index in [4.69, 9.17) is 15.2 Å². The van der Waals surface area contributed by atoms with Gasteiger partial charge in [0.15, 0.2) is 6.61 Å². The molecule has 2 N–H and O–H groups in total. The zero-order valence-electron chi connectivity index (χ0n) is 11.1. The highest BCUT2D eigenvalue weighted by molar-refractivity contribution is 5.82. The lowest BCUT2D eigenvalue weighted by Gasteiger charge is -2.16. The second-order valence-electron chi connectivity index (χ2n) is 3.92. The van der Waals surface area contributed by atoms with Crippen LogP contribution in [0.15, 0.2) is 24.3 Å². The maximum atomic E-state index is 11.7. The lowest BCUT2D eigenvalue weighted by molar-refractivity contribution is -0.148. The summed E-state index contributed by atoms with van der Waals surface area (Å²) in [6.07, 6.45) is 0. The number of esters is 1. The van der Waals surface area contributed by atoms with Crippen LogP contribution in [-0.4, -0.2) is 43.6 Å². The first-order chi connectivity index (χ1) is 9.02. The van der Waals surface area contributed by atoms with E-state index in [-0.39, 0.29) is 19.1 Å². The van der Waals surface area contributed by atoms with E-state index in [2.05, 4.69) is 0 Å². The SMILES string of the molecule is CCOC(=O)CN(C)C(=O)COc1cccc(N)c1. The number of nitrogens with zero attached hydrogens (tertiary/aromatic N) is 1. The Morgan fingerprint density at radius 2 is 2.11 bits per heavy atom. The minimum atomic E-state index is -0.442. The van der Waals surface area contributed by atoms with Crippen molar-refractivity contribution in [3.8, 4) is 5.75 Å². The fraction of sp³-hybridized carbons (Fsp3) is 0.385. The van der Waals surface area contributed by atoms with Crippen LogP contribution < -0.4 is 10.5 Å². The van der Waals surface area contributed by atoms with Gasteiger partial charge in [0.1, 0.15) is 12.3 Å². The molecule has 1 amide bonds. The first-order valence-corrected chi connectivity index (χ1v) is 5.91. The molecule has 0 radical (unpaired) electrons. The molecule has 0 spiro atoms. The van der Waals surface area contributed by atoms with E-state index < -0.39 is 5.97 Å². The summed E-state index contributed by atoms with van der Waals surface area (Å²) in [5, 5.41) is 0. The topological polar surface area (TPSA) is 81.9 Å². The van der Waals surface area contributed by atoms with Crippen LogP contribution in [0.1, 0.15) is 6.92 Å². The van der Waals surface area contributed by atoms with Gasteiger partial charge in [-0.25, -0.2) is 0 Å². The number of anilines is 1. The maximum Gasteiger partial charge on any atom is 0.325 e. The summed E-state index contributed by atoms with van der Waals surface area (Å²) in [6.45, 7) is 1.76. The summed E-state index contributed by atoms with van der Waals surface area (Å²) in [6, 6.07) is 6.78. The lowest BCUT2D eigenvalue weighted by atomic mass is 10.3. The van der Waals surface area contributed by atoms with Crippen LogP contribution in [0.5, 0.6) is 5.75 Å². The predicted octanol–water partition coefficient (Wildman–Crippen LogP) is 0.669. The third-order valence-corrected chi connectivity index (χ3v) is 2.32. The summed E-state index contributed by atoms with van der Waals surface area (Å²) >= 11 is 0. The summed E-state index contributed by atoms with van der Waals surface area (Å²) < 4.78 is 10.0. The van der Waals surface area contributed by atoms with E-state index in [0.29, 0.717) is 18.0 Å². The Labute approximate surface area is 112 Å². The molecular weight excluding hydrogens is 248 g/mol. The number of hydrogen-bond donors (Lipinski definition) is 1. The van der Waals surface area contributed by atoms with Gasteiger partial charge in [0.25, 0.3) is 5.91 Å². The molecule has 19 heavy (non-hydrogen) atoms. The number of hydrogen-bond acceptors (Lipinski definition) is 5. The van der Waals surface area contributed by atoms with Gasteiger partial charge in [-0.2, -0.15) is 0 Å². The van der Waals surface area contributed by atoms with Gasteiger partial charge in [-0.1, -0.05) is 6.07 Å². The van der Waals surface area contributed by atoms with Crippen molar-refractivity contribution in [1.82, 2.24) is 4.90 Å². The number of nitrogen functional groups attached to an aromatic ring is 1. The molecule has 0 saturated carbocycles. The van der Waals surface area contributed by atoms with E-state index in [1.807, 2.05) is 0 Å². The minimum Gasteiger partial charge on any atom is -0.484 e. The molecule has 0 aliphatic carbocycles. The lowest BCUT2D eigenvalue weighted by Crippen LogP contribution is -2.36. The highest BCUT2D eigenvalue weighted by Crippen LogP contribution is 2.14. The Bertz CT molecular complexity index is 448. The normalized spacial score (nSPS) is 9.79. The molecule has 0 atom stereocenters. The van der Waals surface area contributed by atoms with Crippen molar-refractivity contribution in [1.29, 1.82) is 0 Å². The number of carbonyl (C=O) groups is 2. The largest absolute Gasteiger partial charge is 0.484 e. The van der Waals surface area contributed by atoms with Crippen LogP contribution in [0, 0.1) is 0 Å². The molecule has 1 rings (SSSR count). The molecule has 6 nitrogen and oxygen atoms in total. The molecule has 0 bridgehead atoms. The first kappa shape index (κ1) is 14.8. The number of amides is 1. The highest BCUT2D eigenvalue weighted by atomic mass is 16.5. The molecule has 0 unspecified atom stereocenters. The number of ether oxygens (including phenoxy) is 2. The monoisotopic (exact) mass is 266 g/mol. The average molecular weight is 266 g/mol. The fourth-order valence-corrected chi connectivity index (χ4v) is 1.35. The molecule has 0 aromatic heterocycles. The summed E-state index contributed by atoms with van der Waals surface area (Å²) in [4.78, 5) is 24.2. The van der Waals surface area contributed by atoms with E-state index >= 15 is 0 Å². The number of likely N-dealkylation sites (N-methyl/N-ethyl adjacent to an activating group) is 1. The zero-order valence-corrected chi connectivity index (χ0v) is 11.1. The molecular formula is C13H18N2O4. The molecule has 0 aliphatic heterocycles. The van der Waals surface area contributed by atoms with E-state index in [1.165, 1.54) is 11.9 Å². The van der Waals surface area contributed by atoms with Crippen LogP contribution >= 0.6 is 0 Å². The van der Waals surface area contributed by atoms with Crippen LogP contribution in [0.2, 0.25) is 0 Å². The van der Waals surface area contributed by atoms with Crippen LogP contribution in [0.25, 0.3) is 0 Å². The number of nitrogens with two attached hydrogens (primary N) is 1. The van der Waals surface area contributed by atoms with Gasteiger partial charge in [0, 0.05) is 18.8 Å². The maximum absolute atomic E-state index is 11.7. The summed E-state index contributed by atoms with van der Waals surface area (Å²) in [5.41, 5.74) is 6.15. The van der Waals surface area contributed by atoms with Gasteiger partial charge < -0.3 is 20.1 Å². The van der Waals surface area contributed by atoms with Crippen LogP contribution in [0.4, 0.5) is 5.69 Å². The predicted molar refractivity (Wildman–Crippen MR) is 70.6 cm³/mol. The average Bonchev–Trinajstić information content (AvgIpc) is 2.36. The van der Waals surface area contributed by atoms with Crippen molar-refractivity contribution in [2.75, 3.05) is 32.5 Å². The quantitative estimate of drug-likeness (QED) is 0.604. The Balaban J connectivity index is 2.40. The van der Waals surface area contributed by atoms with Crippen molar-refractivity contribution >= 4 is 17.6 Å². The van der Waals surface area contributed by atoms with Crippen LogP contribution in [0.3, 0.4) is 0 Å². The van der Waals surface area contributed by atoms with Gasteiger partial charge in [0.05, 0.1) is 6.61 Å². The van der Waals surface area contributed by atoms with Gasteiger partial charge >= 0.3 is 5.97 Å². The summed E-state index contributed by atoms with van der Waals surface area (Å²) in [5.74, 6) is -0.240. The van der Waals surface area contributed by atoms with E-state index in [9.17, 15) is 9.59 Å². The minimum absolute atomic E-state index is 0.0903. The van der Waals surface area contributed by atoms with Gasteiger partial charge in [0.2, 0.25) is 0 Å². The van der Waals surface area contributed by atoms with Crippen molar-refractivity contribution in [2.24, 2.45) is 0 Å². The molecule has 0 saturated heterocycles. The molecule has 1 aromatic carbocycles. The molecule has 0 heterocycles. The van der Waals surface area contributed by atoms with E-state index in [0.717, 1.165) is 0 Å². The first-order valence-electron chi connectivity index (χ1n) is 5.91. The summed E-state index contributed by atoms with van der Waals surface area (Å²) in [7, 11) is 1.52. The van der Waals surface area contributed by atoms with Crippen molar-refractivity contribution < 1.29 is 19.1 Å². The molecule has 104 valence electrons. The molecule has 6 heteroatoms. The van der Waals surface area contributed by atoms with Crippen molar-refractivity contribution in [2.45, 2.75) is 6.92 Å². The van der Waals surface area contributed by atoms with Crippen LogP contribution in [-0.2, 0) is 14.3 Å². The van der Waals surface area contributed by atoms with Crippen molar-refractivity contribution in [3.05, 3.63) is 24.3 Å². The number of rotatable bonds is 6. The molecule has 0 aliphatic rings. The Morgan fingerprint density at radius 1 is 1.37 bits per heavy atom. The molecule has 0 fully saturated rings. The molecule has 1 aromatic rings. The van der Waals surface area contributed by atoms with E-state index in [1.54, 1.807) is 31.2 Å². The Kier molecular flexibility index (Phi) is 5.66. The van der Waals surface area contributed by atoms with Gasteiger partial charge in [-0.3, -0.25) is 9.59 Å². The second-order valence-corrected chi connectivity index (χ2v) is 3.92. The Hall–Kier alpha value is -2.24. The second kappa shape index (κ2) is 7.25. The zero-order chi connectivity index (χ0) is 14.3.